The van der Waals surface area contributed by atoms with Gasteiger partial charge in [0.15, 0.2) is 17.7 Å². The van der Waals surface area contributed by atoms with Crippen LogP contribution < -0.4 is 21.1 Å². The first-order chi connectivity index (χ1) is 19.8. The molecule has 41 heavy (non-hydrogen) atoms. The van der Waals surface area contributed by atoms with E-state index in [-0.39, 0.29) is 23.4 Å². The quantitative estimate of drug-likeness (QED) is 0.322. The molecule has 4 bridgehead atoms. The molecule has 9 nitrogen and oxygen atoms in total. The number of hydrogen-bond acceptors (Lipinski definition) is 8. The van der Waals surface area contributed by atoms with Crippen LogP contribution in [-0.4, -0.2) is 36.2 Å². The highest BCUT2D eigenvalue weighted by Gasteiger charge is 2.61. The van der Waals surface area contributed by atoms with Crippen LogP contribution in [-0.2, 0) is 21.4 Å². The van der Waals surface area contributed by atoms with Crippen LogP contribution in [0.5, 0.6) is 5.75 Å². The van der Waals surface area contributed by atoms with E-state index < -0.39 is 29.7 Å². The minimum Gasteiger partial charge on any atom is -0.469 e. The normalized spacial score (nSPS) is 23.8. The van der Waals surface area contributed by atoms with E-state index in [2.05, 4.69) is 33.8 Å². The van der Waals surface area contributed by atoms with Crippen molar-refractivity contribution in [2.45, 2.75) is 44.0 Å². The van der Waals surface area contributed by atoms with Gasteiger partial charge in [0.1, 0.15) is 17.2 Å². The Morgan fingerprint density at radius 1 is 1.07 bits per heavy atom. The van der Waals surface area contributed by atoms with Crippen molar-refractivity contribution in [2.75, 3.05) is 12.4 Å². The van der Waals surface area contributed by atoms with Gasteiger partial charge in [0.05, 0.1) is 13.2 Å². The van der Waals surface area contributed by atoms with Gasteiger partial charge in [-0.05, 0) is 29.5 Å². The maximum absolute atomic E-state index is 13.3. The number of nitrogens with zero attached hydrogens (tertiary/aromatic N) is 1. The molecular formula is C32H30N4O5. The first-order valence-corrected chi connectivity index (χ1v) is 13.7. The molecule has 3 aliphatic rings. The number of nitrogens with one attached hydrogen (secondary N) is 2. The minimum atomic E-state index is -1.07. The average molecular weight is 551 g/mol. The first kappa shape index (κ1) is 25.3. The van der Waals surface area contributed by atoms with Crippen LogP contribution in [0, 0.1) is 5.92 Å². The Hall–Kier alpha value is -4.63. The molecule has 9 heteroatoms. The fraction of sp³-hybridized carbons (Fsp3) is 0.281. The van der Waals surface area contributed by atoms with E-state index in [1.165, 1.54) is 7.11 Å². The van der Waals surface area contributed by atoms with E-state index in [1.54, 1.807) is 0 Å². The van der Waals surface area contributed by atoms with E-state index in [0.717, 1.165) is 33.5 Å². The molecule has 0 fully saturated rings. The number of ether oxygens (including phenoxy) is 2. The average Bonchev–Trinajstić information content (AvgIpc) is 3.64. The second-order valence-electron chi connectivity index (χ2n) is 11.1. The molecule has 3 aromatic carbocycles. The number of methoxy groups -OCH3 is 1. The predicted octanol–water partition coefficient (Wildman–Crippen LogP) is 4.30. The second kappa shape index (κ2) is 9.21. The van der Waals surface area contributed by atoms with Crippen LogP contribution in [0.4, 0.5) is 5.69 Å². The van der Waals surface area contributed by atoms with Crippen LogP contribution >= 0.6 is 0 Å². The van der Waals surface area contributed by atoms with E-state index in [0.29, 0.717) is 17.9 Å². The lowest BCUT2D eigenvalue weighted by atomic mass is 9.72. The molecule has 4 N–H and O–H groups in total. The number of carbonyl (C=O) groups excluding carboxylic acids is 2. The van der Waals surface area contributed by atoms with Crippen LogP contribution in [0.15, 0.2) is 71.1 Å². The zero-order chi connectivity index (χ0) is 28.5. The Morgan fingerprint density at radius 3 is 2.63 bits per heavy atom. The van der Waals surface area contributed by atoms with Gasteiger partial charge in [-0.2, -0.15) is 0 Å². The summed E-state index contributed by atoms with van der Waals surface area (Å²) in [6.45, 7) is 3.89. The number of rotatable bonds is 3. The predicted molar refractivity (Wildman–Crippen MR) is 151 cm³/mol. The molecule has 1 spiro atoms. The summed E-state index contributed by atoms with van der Waals surface area (Å²) in [5.74, 6) is 0.0927. The van der Waals surface area contributed by atoms with Gasteiger partial charge in [0.25, 0.3) is 0 Å². The third-order valence-electron chi connectivity index (χ3n) is 8.36. The van der Waals surface area contributed by atoms with Crippen LogP contribution in [0.2, 0.25) is 0 Å². The molecule has 0 aliphatic carbocycles. The van der Waals surface area contributed by atoms with Gasteiger partial charge in [-0.3, -0.25) is 4.79 Å². The van der Waals surface area contributed by atoms with Crippen molar-refractivity contribution in [3.8, 4) is 16.9 Å². The molecule has 1 aromatic heterocycles. The number of esters is 1. The monoisotopic (exact) mass is 550 g/mol. The number of carbonyl (C=O) groups is 2. The maximum Gasteiger partial charge on any atom is 0.360 e. The molecule has 4 heterocycles. The summed E-state index contributed by atoms with van der Waals surface area (Å²) in [5.41, 5.74) is 10.8. The van der Waals surface area contributed by atoms with Gasteiger partial charge < -0.3 is 30.3 Å². The number of nitrogens with two attached hydrogens (primary N) is 1. The number of benzene rings is 3. The molecule has 7 rings (SSSR count). The molecule has 0 saturated carbocycles. The highest BCUT2D eigenvalue weighted by molar-refractivity contribution is 5.92. The molecule has 0 saturated heterocycles. The highest BCUT2D eigenvalue weighted by Crippen LogP contribution is 2.60. The lowest BCUT2D eigenvalue weighted by Crippen LogP contribution is -2.45. The minimum absolute atomic E-state index is 0.0394. The molecule has 3 aliphatic heterocycles. The van der Waals surface area contributed by atoms with Crippen molar-refractivity contribution in [2.24, 2.45) is 11.7 Å². The largest absolute Gasteiger partial charge is 0.469 e. The maximum atomic E-state index is 13.3. The third kappa shape index (κ3) is 3.62. The number of hydrogen-bond donors (Lipinski definition) is 3. The number of fused-ring (bicyclic) bond motifs is 4. The van der Waals surface area contributed by atoms with Crippen molar-refractivity contribution in [3.63, 3.8) is 0 Å². The Labute approximate surface area is 237 Å². The summed E-state index contributed by atoms with van der Waals surface area (Å²) >= 11 is 0. The number of para-hydroxylation sites is 1. The fourth-order valence-electron chi connectivity index (χ4n) is 6.38. The van der Waals surface area contributed by atoms with Crippen LogP contribution in [0.1, 0.15) is 58.7 Å². The van der Waals surface area contributed by atoms with Crippen LogP contribution in [0.25, 0.3) is 11.1 Å². The Morgan fingerprint density at radius 2 is 1.88 bits per heavy atom. The molecule has 1 amide bonds. The smallest absolute Gasteiger partial charge is 0.360 e. The van der Waals surface area contributed by atoms with E-state index >= 15 is 0 Å². The summed E-state index contributed by atoms with van der Waals surface area (Å²) in [4.78, 5) is 31.2. The first-order valence-electron chi connectivity index (χ1n) is 13.7. The number of amides is 1. The van der Waals surface area contributed by atoms with Crippen molar-refractivity contribution in [1.29, 1.82) is 0 Å². The van der Waals surface area contributed by atoms with E-state index in [4.69, 9.17) is 19.6 Å². The molecule has 4 atom stereocenters. The topological polar surface area (TPSA) is 129 Å². The fourth-order valence-corrected chi connectivity index (χ4v) is 6.38. The standard InChI is InChI=1S/C32H30N4O5/c1-16(2)24-29-35-26(30(38)39-3)27(41-29)32-20-11-7-10-19(18-8-5-4-6-9-18)25(20)36-31(32)40-23-13-12-17(14-21(23)32)15-22(33)28(37)34-24/h4-14,16,22,24,31,36H,15,33H2,1-3H3,(H,34,37)/t22-,24-,31?,32-/m0/s1. The SMILES string of the molecule is COC(=O)c1nc2oc1[C@]13c4cc(ccc4OC1Nc1c(-c4ccccc4)cccc13)C[C@H](N)C(=O)N[C@H]2C(C)C. The summed E-state index contributed by atoms with van der Waals surface area (Å²) in [6, 6.07) is 20.6. The number of aromatic nitrogens is 1. The van der Waals surface area contributed by atoms with Crippen molar-refractivity contribution in [1.82, 2.24) is 10.3 Å². The Balaban J connectivity index is 1.57. The zero-order valence-corrected chi connectivity index (χ0v) is 22.9. The Bertz CT molecular complexity index is 1700. The van der Waals surface area contributed by atoms with Gasteiger partial charge in [-0.25, -0.2) is 9.78 Å². The lowest BCUT2D eigenvalue weighted by molar-refractivity contribution is -0.123. The van der Waals surface area contributed by atoms with Gasteiger partial charge in [0, 0.05) is 22.4 Å². The molecule has 1 unspecified atom stereocenters. The molecule has 0 radical (unpaired) electrons. The van der Waals surface area contributed by atoms with Gasteiger partial charge >= 0.3 is 5.97 Å². The lowest BCUT2D eigenvalue weighted by Gasteiger charge is -2.28. The highest BCUT2D eigenvalue weighted by atomic mass is 16.5. The number of oxazole rings is 1. The van der Waals surface area contributed by atoms with Crippen LogP contribution in [0.3, 0.4) is 0 Å². The molecular weight excluding hydrogens is 520 g/mol. The summed E-state index contributed by atoms with van der Waals surface area (Å²) in [6.07, 6.45) is -0.314. The molecule has 4 aromatic rings. The Kier molecular flexibility index (Phi) is 5.69. The summed E-state index contributed by atoms with van der Waals surface area (Å²) in [5, 5.41) is 6.62. The van der Waals surface area contributed by atoms with Gasteiger partial charge in [-0.15, -0.1) is 0 Å². The van der Waals surface area contributed by atoms with Crippen molar-refractivity contribution < 1.29 is 23.5 Å². The molecule has 208 valence electrons. The third-order valence-corrected chi connectivity index (χ3v) is 8.36. The zero-order valence-electron chi connectivity index (χ0n) is 22.9. The van der Waals surface area contributed by atoms with E-state index in [1.807, 2.05) is 62.4 Å². The number of anilines is 1. The van der Waals surface area contributed by atoms with Gasteiger partial charge in [-0.1, -0.05) is 74.5 Å². The summed E-state index contributed by atoms with van der Waals surface area (Å²) < 4.78 is 18.4. The van der Waals surface area contributed by atoms with Crippen molar-refractivity contribution in [3.05, 3.63) is 101 Å². The van der Waals surface area contributed by atoms with Crippen molar-refractivity contribution >= 4 is 17.6 Å². The van der Waals surface area contributed by atoms with E-state index in [9.17, 15) is 9.59 Å². The second-order valence-corrected chi connectivity index (χ2v) is 11.1. The van der Waals surface area contributed by atoms with Gasteiger partial charge in [0.2, 0.25) is 11.8 Å². The summed E-state index contributed by atoms with van der Waals surface area (Å²) in [7, 11) is 1.32.